The van der Waals surface area contributed by atoms with Gasteiger partial charge in [-0.05, 0) is 42.5 Å². The summed E-state index contributed by atoms with van der Waals surface area (Å²) in [4.78, 5) is 76.6. The zero-order valence-electron chi connectivity index (χ0n) is 24.4. The molecule has 5 amide bonds. The van der Waals surface area contributed by atoms with Crippen molar-refractivity contribution in [2.75, 3.05) is 13.2 Å². The molecule has 10 N–H and O–H groups in total. The monoisotopic (exact) mass is 626 g/mol. The average Bonchev–Trinajstić information content (AvgIpc) is 3.50. The van der Waals surface area contributed by atoms with Gasteiger partial charge < -0.3 is 47.6 Å². The summed E-state index contributed by atoms with van der Waals surface area (Å²) in [6.45, 7) is -0.742. The first-order valence-electron chi connectivity index (χ1n) is 14.3. The number of aliphatic carboxylic acids is 1. The molecule has 0 aliphatic carbocycles. The average molecular weight is 627 g/mol. The number of nitrogens with zero attached hydrogens (tertiary/aromatic N) is 1. The third-order valence-electron chi connectivity index (χ3n) is 7.30. The van der Waals surface area contributed by atoms with Gasteiger partial charge >= 0.3 is 5.97 Å². The number of aromatic hydroxyl groups is 1. The zero-order valence-corrected chi connectivity index (χ0v) is 24.4. The predicted molar refractivity (Wildman–Crippen MR) is 159 cm³/mol. The highest BCUT2D eigenvalue weighted by Gasteiger charge is 2.39. The highest BCUT2D eigenvalue weighted by Crippen LogP contribution is 2.19. The molecule has 1 saturated heterocycles. The first-order chi connectivity index (χ1) is 21.4. The lowest BCUT2D eigenvalue weighted by atomic mass is 10.0. The Morgan fingerprint density at radius 3 is 2.07 bits per heavy atom. The third-order valence-corrected chi connectivity index (χ3v) is 7.30. The number of hydrogen-bond acceptors (Lipinski definition) is 9. The van der Waals surface area contributed by atoms with E-state index in [1.165, 1.54) is 12.1 Å². The molecule has 1 heterocycles. The lowest BCUT2D eigenvalue weighted by Crippen LogP contribution is -2.59. The number of amides is 5. The molecule has 1 aliphatic heterocycles. The quantitative estimate of drug-likeness (QED) is 0.107. The van der Waals surface area contributed by atoms with E-state index >= 15 is 0 Å². The number of phenolic OH excluding ortho intramolecular Hbond substituents is 1. The number of carboxylic acids is 1. The number of likely N-dealkylation sites (tertiary alicyclic amines) is 1. The van der Waals surface area contributed by atoms with Gasteiger partial charge in [-0.3, -0.25) is 24.0 Å². The lowest BCUT2D eigenvalue weighted by Gasteiger charge is -2.29. The Kier molecular flexibility index (Phi) is 12.4. The van der Waals surface area contributed by atoms with Crippen LogP contribution in [0.5, 0.6) is 5.75 Å². The van der Waals surface area contributed by atoms with Crippen LogP contribution >= 0.6 is 0 Å². The van der Waals surface area contributed by atoms with Gasteiger partial charge in [0.05, 0.1) is 19.1 Å². The van der Waals surface area contributed by atoms with Crippen molar-refractivity contribution in [3.8, 4) is 5.75 Å². The van der Waals surface area contributed by atoms with Crippen molar-refractivity contribution < 1.29 is 44.1 Å². The van der Waals surface area contributed by atoms with Gasteiger partial charge in [-0.2, -0.15) is 0 Å². The molecule has 0 radical (unpaired) electrons. The van der Waals surface area contributed by atoms with Gasteiger partial charge in [-0.25, -0.2) is 4.79 Å². The molecule has 0 unspecified atom stereocenters. The van der Waals surface area contributed by atoms with Gasteiger partial charge in [0.25, 0.3) is 0 Å². The number of carboxylic acid groups (broad SMARTS) is 1. The largest absolute Gasteiger partial charge is 0.508 e. The fraction of sp³-hybridized carbons (Fsp3) is 0.400. The van der Waals surface area contributed by atoms with Gasteiger partial charge in [0.15, 0.2) is 0 Å². The molecular weight excluding hydrogens is 588 g/mol. The summed E-state index contributed by atoms with van der Waals surface area (Å²) in [6.07, 6.45) is 0.0590. The molecule has 242 valence electrons. The van der Waals surface area contributed by atoms with Gasteiger partial charge in [-0.1, -0.05) is 42.5 Å². The Balaban J connectivity index is 1.72. The van der Waals surface area contributed by atoms with E-state index in [9.17, 15) is 44.1 Å². The summed E-state index contributed by atoms with van der Waals surface area (Å²) in [7, 11) is 0. The molecule has 15 heteroatoms. The van der Waals surface area contributed by atoms with Crippen LogP contribution in [0.1, 0.15) is 30.4 Å². The van der Waals surface area contributed by atoms with E-state index < -0.39 is 78.7 Å². The van der Waals surface area contributed by atoms with Crippen molar-refractivity contribution >= 4 is 35.5 Å². The van der Waals surface area contributed by atoms with E-state index in [1.807, 2.05) is 0 Å². The maximum absolute atomic E-state index is 13.5. The van der Waals surface area contributed by atoms with Gasteiger partial charge in [0.1, 0.15) is 29.9 Å². The summed E-state index contributed by atoms with van der Waals surface area (Å²) in [5.74, 6) is -5.42. The number of primary amides is 1. The van der Waals surface area contributed by atoms with E-state index in [2.05, 4.69) is 16.0 Å². The van der Waals surface area contributed by atoms with E-state index in [0.29, 0.717) is 17.5 Å². The molecule has 1 fully saturated rings. The predicted octanol–water partition coefficient (Wildman–Crippen LogP) is -2.10. The highest BCUT2D eigenvalue weighted by molar-refractivity contribution is 5.96. The van der Waals surface area contributed by atoms with Crippen LogP contribution in [0.2, 0.25) is 0 Å². The Bertz CT molecular complexity index is 1370. The molecule has 5 atom stereocenters. The molecule has 1 aliphatic rings. The van der Waals surface area contributed by atoms with Crippen LogP contribution in [0.15, 0.2) is 54.6 Å². The molecule has 2 aromatic rings. The van der Waals surface area contributed by atoms with Crippen LogP contribution in [0, 0.1) is 0 Å². The van der Waals surface area contributed by atoms with Crippen LogP contribution in [0.3, 0.4) is 0 Å². The number of carbonyl (C=O) groups excluding carboxylic acids is 5. The molecule has 3 rings (SSSR count). The van der Waals surface area contributed by atoms with Crippen molar-refractivity contribution in [3.63, 3.8) is 0 Å². The van der Waals surface area contributed by atoms with E-state index in [4.69, 9.17) is 11.5 Å². The van der Waals surface area contributed by atoms with Gasteiger partial charge in [0.2, 0.25) is 29.5 Å². The van der Waals surface area contributed by atoms with Crippen molar-refractivity contribution in [2.45, 2.75) is 62.3 Å². The van der Waals surface area contributed by atoms with Crippen molar-refractivity contribution in [1.29, 1.82) is 0 Å². The normalized spacial score (nSPS) is 16.9. The second-order valence-corrected chi connectivity index (χ2v) is 10.7. The summed E-state index contributed by atoms with van der Waals surface area (Å²) >= 11 is 0. The number of aliphatic hydroxyl groups is 1. The molecule has 15 nitrogen and oxygen atoms in total. The molecule has 2 aromatic carbocycles. The summed E-state index contributed by atoms with van der Waals surface area (Å²) in [6, 6.07) is 8.45. The van der Waals surface area contributed by atoms with Crippen molar-refractivity contribution in [2.24, 2.45) is 11.5 Å². The standard InChI is InChI=1S/C30H38N6O9/c31-20(13-18-8-10-19(38)11-9-18)26(40)33-21(14-17-5-2-1-3-6-17)27(41)35-23(16-37)29(43)36-12-4-7-24(36)28(42)34-22(30(44)45)15-25(32)39/h1-3,5-6,8-11,20-24,37-38H,4,7,12-16,31H2,(H2,32,39)(H,33,40)(H,34,42)(H,35,41)(H,44,45)/t20-,21-,22-,23-,24-/m0/s1. The first-order valence-corrected chi connectivity index (χ1v) is 14.3. The number of phenols is 1. The fourth-order valence-electron chi connectivity index (χ4n) is 4.95. The van der Waals surface area contributed by atoms with Gasteiger partial charge in [0, 0.05) is 13.0 Å². The number of nitrogens with one attached hydrogen (secondary N) is 3. The maximum atomic E-state index is 13.5. The topological polar surface area (TPSA) is 254 Å². The van der Waals surface area contributed by atoms with Gasteiger partial charge in [-0.15, -0.1) is 0 Å². The van der Waals surface area contributed by atoms with Crippen molar-refractivity contribution in [3.05, 3.63) is 65.7 Å². The third kappa shape index (κ3) is 10.0. The minimum atomic E-state index is -1.59. The minimum Gasteiger partial charge on any atom is -0.508 e. The van der Waals surface area contributed by atoms with Crippen LogP contribution in [0.4, 0.5) is 0 Å². The summed E-state index contributed by atoms with van der Waals surface area (Å²) in [5, 5.41) is 36.2. The van der Waals surface area contributed by atoms with Crippen LogP contribution in [-0.2, 0) is 41.6 Å². The minimum absolute atomic E-state index is 0.0296. The van der Waals surface area contributed by atoms with Crippen LogP contribution < -0.4 is 27.4 Å². The molecule has 0 spiro atoms. The SMILES string of the molecule is NC(=O)C[C@H](NC(=O)[C@@H]1CCCN1C(=O)[C@H](CO)NC(=O)[C@H](Cc1ccccc1)NC(=O)[C@@H](N)Cc1ccc(O)cc1)C(=O)O. The molecule has 45 heavy (non-hydrogen) atoms. The first kappa shape index (κ1) is 34.5. The van der Waals surface area contributed by atoms with Crippen molar-refractivity contribution in [1.82, 2.24) is 20.9 Å². The maximum Gasteiger partial charge on any atom is 0.326 e. The number of carbonyl (C=O) groups is 6. The zero-order chi connectivity index (χ0) is 33.1. The Morgan fingerprint density at radius 2 is 1.47 bits per heavy atom. The highest BCUT2D eigenvalue weighted by atomic mass is 16.4. The fourth-order valence-corrected chi connectivity index (χ4v) is 4.95. The van der Waals surface area contributed by atoms with Crippen LogP contribution in [0.25, 0.3) is 0 Å². The number of hydrogen-bond donors (Lipinski definition) is 8. The second-order valence-electron chi connectivity index (χ2n) is 10.7. The Labute approximate surface area is 258 Å². The number of nitrogens with two attached hydrogens (primary N) is 2. The lowest BCUT2D eigenvalue weighted by molar-refractivity contribution is -0.146. The molecular formula is C30H38N6O9. The van der Waals surface area contributed by atoms with Crippen LogP contribution in [-0.4, -0.2) is 99.1 Å². The Hall–Kier alpha value is -5.02. The number of rotatable bonds is 15. The molecule has 0 bridgehead atoms. The molecule has 0 aromatic heterocycles. The molecule has 0 saturated carbocycles. The summed E-state index contributed by atoms with van der Waals surface area (Å²) < 4.78 is 0. The Morgan fingerprint density at radius 1 is 0.844 bits per heavy atom. The van der Waals surface area contributed by atoms with E-state index in [-0.39, 0.29) is 31.6 Å². The smallest absolute Gasteiger partial charge is 0.326 e. The number of benzene rings is 2. The second kappa shape index (κ2) is 16.2. The van der Waals surface area contributed by atoms with E-state index in [0.717, 1.165) is 4.90 Å². The number of aliphatic hydroxyl groups excluding tert-OH is 1. The van der Waals surface area contributed by atoms with E-state index in [1.54, 1.807) is 42.5 Å². The summed E-state index contributed by atoms with van der Waals surface area (Å²) in [5.41, 5.74) is 12.5.